The van der Waals surface area contributed by atoms with Crippen LogP contribution in [0.15, 0.2) is 23.1 Å². The number of hydrogen-bond donors (Lipinski definition) is 0. The van der Waals surface area contributed by atoms with E-state index in [1.165, 1.54) is 17.4 Å². The smallest absolute Gasteiger partial charge is 0.243 e. The lowest BCUT2D eigenvalue weighted by molar-refractivity contribution is 0.102. The lowest BCUT2D eigenvalue weighted by Crippen LogP contribution is -2.40. The highest BCUT2D eigenvalue weighted by molar-refractivity contribution is 7.89. The zero-order valence-electron chi connectivity index (χ0n) is 11.2. The van der Waals surface area contributed by atoms with Crippen molar-refractivity contribution in [3.05, 3.63) is 29.6 Å². The van der Waals surface area contributed by atoms with Crippen LogP contribution < -0.4 is 0 Å². The molecule has 1 aliphatic heterocycles. The Kier molecular flexibility index (Phi) is 4.09. The minimum absolute atomic E-state index is 0.0861. The Hall–Kier alpha value is -1.49. The minimum Gasteiger partial charge on any atom is -0.377 e. The van der Waals surface area contributed by atoms with Crippen molar-refractivity contribution in [2.24, 2.45) is 0 Å². The summed E-state index contributed by atoms with van der Waals surface area (Å²) in [7, 11) is -2.30. The molecule has 1 aromatic rings. The first-order valence-corrected chi connectivity index (χ1v) is 7.61. The van der Waals surface area contributed by atoms with Gasteiger partial charge in [0.05, 0.1) is 22.6 Å². The highest BCUT2D eigenvalue weighted by atomic mass is 32.2. The minimum atomic E-state index is -3.77. The van der Waals surface area contributed by atoms with Crippen molar-refractivity contribution in [3.63, 3.8) is 0 Å². The van der Waals surface area contributed by atoms with Crippen LogP contribution in [0.5, 0.6) is 0 Å². The van der Waals surface area contributed by atoms with Crippen LogP contribution in [0.3, 0.4) is 0 Å². The van der Waals surface area contributed by atoms with Crippen LogP contribution in [-0.4, -0.2) is 38.5 Å². The predicted molar refractivity (Wildman–Crippen MR) is 69.9 cm³/mol. The van der Waals surface area contributed by atoms with Crippen molar-refractivity contribution in [1.29, 1.82) is 5.26 Å². The van der Waals surface area contributed by atoms with Crippen molar-refractivity contribution in [2.45, 2.75) is 30.4 Å². The summed E-state index contributed by atoms with van der Waals surface area (Å²) < 4.78 is 44.8. The Morgan fingerprint density at radius 3 is 2.75 bits per heavy atom. The van der Waals surface area contributed by atoms with E-state index in [0.717, 1.165) is 12.1 Å². The molecule has 0 spiro atoms. The fourth-order valence-electron chi connectivity index (χ4n) is 2.29. The molecule has 1 aromatic carbocycles. The number of likely N-dealkylation sites (N-methyl/N-ethyl adjacent to an activating group) is 1. The molecule has 7 heteroatoms. The van der Waals surface area contributed by atoms with Gasteiger partial charge < -0.3 is 4.74 Å². The molecule has 0 saturated carbocycles. The summed E-state index contributed by atoms with van der Waals surface area (Å²) in [4.78, 5) is -0.0861. The fourth-order valence-corrected chi connectivity index (χ4v) is 3.77. The van der Waals surface area contributed by atoms with Gasteiger partial charge in [-0.15, -0.1) is 0 Å². The standard InChI is InChI=1S/C13H15FN2O3S/c1-9-13(5-6-19-9)16(2)20(17,18)11-3-4-12(14)10(7-11)8-15/h3-4,7,9,13H,5-6H2,1-2H3. The Morgan fingerprint density at radius 2 is 2.20 bits per heavy atom. The number of hydrogen-bond acceptors (Lipinski definition) is 4. The summed E-state index contributed by atoms with van der Waals surface area (Å²) in [5.41, 5.74) is -0.282. The summed E-state index contributed by atoms with van der Waals surface area (Å²) in [6.07, 6.45) is 0.425. The molecule has 0 aromatic heterocycles. The van der Waals surface area contributed by atoms with Gasteiger partial charge in [0.1, 0.15) is 11.9 Å². The third-order valence-corrected chi connectivity index (χ3v) is 5.42. The van der Waals surface area contributed by atoms with E-state index < -0.39 is 15.8 Å². The van der Waals surface area contributed by atoms with E-state index >= 15 is 0 Å². The van der Waals surface area contributed by atoms with Crippen LogP contribution in [0.2, 0.25) is 0 Å². The second-order valence-corrected chi connectivity index (χ2v) is 6.70. The van der Waals surface area contributed by atoms with Gasteiger partial charge in [-0.2, -0.15) is 9.57 Å². The number of halogens is 1. The number of rotatable bonds is 3. The van der Waals surface area contributed by atoms with Crippen molar-refractivity contribution in [1.82, 2.24) is 4.31 Å². The van der Waals surface area contributed by atoms with Gasteiger partial charge in [0, 0.05) is 13.7 Å². The molecule has 5 nitrogen and oxygen atoms in total. The molecule has 0 radical (unpaired) electrons. The van der Waals surface area contributed by atoms with Gasteiger partial charge in [-0.05, 0) is 31.5 Å². The van der Waals surface area contributed by atoms with Gasteiger partial charge in [-0.1, -0.05) is 0 Å². The molecule has 2 unspecified atom stereocenters. The molecule has 0 amide bonds. The van der Waals surface area contributed by atoms with Crippen LogP contribution >= 0.6 is 0 Å². The zero-order valence-corrected chi connectivity index (χ0v) is 12.0. The molecule has 1 aliphatic rings. The summed E-state index contributed by atoms with van der Waals surface area (Å²) in [6.45, 7) is 2.33. The first-order chi connectivity index (χ1) is 9.37. The van der Waals surface area contributed by atoms with Crippen LogP contribution in [0.25, 0.3) is 0 Å². The van der Waals surface area contributed by atoms with Crippen molar-refractivity contribution >= 4 is 10.0 Å². The van der Waals surface area contributed by atoms with Gasteiger partial charge >= 0.3 is 0 Å². The molecule has 1 saturated heterocycles. The average molecular weight is 298 g/mol. The van der Waals surface area contributed by atoms with Crippen LogP contribution in [0.4, 0.5) is 4.39 Å². The highest BCUT2D eigenvalue weighted by Crippen LogP contribution is 2.25. The second-order valence-electron chi connectivity index (χ2n) is 4.71. The third-order valence-electron chi connectivity index (χ3n) is 3.54. The van der Waals surface area contributed by atoms with Crippen molar-refractivity contribution < 1.29 is 17.5 Å². The molecule has 0 aliphatic carbocycles. The molecular formula is C13H15FN2O3S. The number of sulfonamides is 1. The predicted octanol–water partition coefficient (Wildman–Crippen LogP) is 1.50. The molecule has 20 heavy (non-hydrogen) atoms. The first kappa shape index (κ1) is 14.9. The Balaban J connectivity index is 2.37. The summed E-state index contributed by atoms with van der Waals surface area (Å²) >= 11 is 0. The summed E-state index contributed by atoms with van der Waals surface area (Å²) in [5.74, 6) is -0.730. The number of ether oxygens (including phenoxy) is 1. The van der Waals surface area contributed by atoms with Crippen LogP contribution in [0, 0.1) is 17.1 Å². The Morgan fingerprint density at radius 1 is 1.50 bits per heavy atom. The first-order valence-electron chi connectivity index (χ1n) is 6.17. The van der Waals surface area contributed by atoms with E-state index in [2.05, 4.69) is 0 Å². The Bertz CT molecular complexity index is 654. The van der Waals surface area contributed by atoms with Crippen molar-refractivity contribution in [3.8, 4) is 6.07 Å². The van der Waals surface area contributed by atoms with Gasteiger partial charge in [0.2, 0.25) is 10.0 Å². The number of nitrogens with zero attached hydrogens (tertiary/aromatic N) is 2. The van der Waals surface area contributed by atoms with E-state index in [4.69, 9.17) is 10.00 Å². The van der Waals surface area contributed by atoms with Gasteiger partial charge in [-0.25, -0.2) is 12.8 Å². The molecular weight excluding hydrogens is 283 g/mol. The van der Waals surface area contributed by atoms with Gasteiger partial charge in [0.25, 0.3) is 0 Å². The highest BCUT2D eigenvalue weighted by Gasteiger charge is 2.35. The second kappa shape index (κ2) is 5.48. The molecule has 108 valence electrons. The molecule has 2 atom stereocenters. The van der Waals surface area contributed by atoms with E-state index in [1.54, 1.807) is 6.07 Å². The summed E-state index contributed by atoms with van der Waals surface area (Å²) in [5, 5.41) is 8.78. The normalized spacial score (nSPS) is 22.9. The number of benzene rings is 1. The average Bonchev–Trinajstić information content (AvgIpc) is 2.84. The lowest BCUT2D eigenvalue weighted by Gasteiger charge is -2.26. The molecule has 1 fully saturated rings. The quantitative estimate of drug-likeness (QED) is 0.848. The molecule has 1 heterocycles. The largest absolute Gasteiger partial charge is 0.377 e. The molecule has 0 bridgehead atoms. The third kappa shape index (κ3) is 2.54. The summed E-state index contributed by atoms with van der Waals surface area (Å²) in [6, 6.07) is 4.61. The number of nitriles is 1. The molecule has 0 N–H and O–H groups in total. The lowest BCUT2D eigenvalue weighted by atomic mass is 10.2. The van der Waals surface area contributed by atoms with Crippen LogP contribution in [-0.2, 0) is 14.8 Å². The fraction of sp³-hybridized carbons (Fsp3) is 0.462. The van der Waals surface area contributed by atoms with Crippen LogP contribution in [0.1, 0.15) is 18.9 Å². The zero-order chi connectivity index (χ0) is 14.9. The maximum absolute atomic E-state index is 13.3. The van der Waals surface area contributed by atoms with Gasteiger partial charge in [0.15, 0.2) is 0 Å². The SMILES string of the molecule is CC1OCCC1N(C)S(=O)(=O)c1ccc(F)c(C#N)c1. The maximum atomic E-state index is 13.3. The molecule has 2 rings (SSSR count). The van der Waals surface area contributed by atoms with E-state index in [1.807, 2.05) is 6.92 Å². The van der Waals surface area contributed by atoms with Gasteiger partial charge in [-0.3, -0.25) is 0 Å². The Labute approximate surface area is 117 Å². The topological polar surface area (TPSA) is 70.4 Å². The monoisotopic (exact) mass is 298 g/mol. The van der Waals surface area contributed by atoms with E-state index in [-0.39, 0.29) is 22.6 Å². The van der Waals surface area contributed by atoms with E-state index in [0.29, 0.717) is 13.0 Å². The maximum Gasteiger partial charge on any atom is 0.243 e. The van der Waals surface area contributed by atoms with Crippen molar-refractivity contribution in [2.75, 3.05) is 13.7 Å². The van der Waals surface area contributed by atoms with E-state index in [9.17, 15) is 12.8 Å².